The Morgan fingerprint density at radius 1 is 0.542 bits per heavy atom. The standard InChI is InChI=1S/C30H57N7O11/c1-5-9-16-45-27(41)32-20-36(21-33-28(42)46-17-10-6-2)24(25(38)39)14-13-15-31-26(40)37(22-34-29(43)47-18-11-7-3)23-35-30(44)48-19-12-8-4/h24H,5-23H2,1-4H3,(H,31,40)(H,32,41)(H,33,42)(H,34,43)(H,35,44)(H,38,39). The average Bonchev–Trinajstić information content (AvgIpc) is 3.05. The van der Waals surface area contributed by atoms with Crippen molar-refractivity contribution in [3.8, 4) is 0 Å². The van der Waals surface area contributed by atoms with Crippen LogP contribution in [0.1, 0.15) is 91.9 Å². The van der Waals surface area contributed by atoms with Gasteiger partial charge in [0.15, 0.2) is 0 Å². The minimum atomic E-state index is -1.22. The molecule has 0 aromatic heterocycles. The van der Waals surface area contributed by atoms with E-state index < -0.39 is 42.4 Å². The number of urea groups is 1. The van der Waals surface area contributed by atoms with Gasteiger partial charge in [0.2, 0.25) is 0 Å². The molecule has 0 aromatic rings. The molecule has 6 N–H and O–H groups in total. The van der Waals surface area contributed by atoms with E-state index in [2.05, 4.69) is 26.6 Å². The first-order chi connectivity index (χ1) is 23.1. The van der Waals surface area contributed by atoms with E-state index in [1.807, 2.05) is 27.7 Å². The fraction of sp³-hybridized carbons (Fsp3) is 0.800. The second-order valence-electron chi connectivity index (χ2n) is 10.7. The number of carboxylic acid groups (broad SMARTS) is 1. The van der Waals surface area contributed by atoms with Crippen LogP contribution < -0.4 is 26.6 Å². The summed E-state index contributed by atoms with van der Waals surface area (Å²) in [5.74, 6) is -1.22. The maximum absolute atomic E-state index is 13.0. The second-order valence-corrected chi connectivity index (χ2v) is 10.7. The van der Waals surface area contributed by atoms with E-state index in [1.54, 1.807) is 0 Å². The number of ether oxygens (including phenoxy) is 4. The number of hydrogen-bond acceptors (Lipinski definition) is 11. The van der Waals surface area contributed by atoms with Crippen molar-refractivity contribution >= 4 is 36.4 Å². The highest BCUT2D eigenvalue weighted by molar-refractivity contribution is 5.76. The van der Waals surface area contributed by atoms with E-state index in [0.29, 0.717) is 25.7 Å². The lowest BCUT2D eigenvalue weighted by molar-refractivity contribution is -0.144. The zero-order valence-electron chi connectivity index (χ0n) is 28.9. The Kier molecular flexibility index (Phi) is 26.4. The molecule has 0 saturated carbocycles. The molecule has 0 saturated heterocycles. The van der Waals surface area contributed by atoms with E-state index in [-0.39, 0.29) is 72.5 Å². The van der Waals surface area contributed by atoms with Crippen LogP contribution in [-0.4, -0.2) is 117 Å². The molecular weight excluding hydrogens is 634 g/mol. The average molecular weight is 692 g/mol. The highest BCUT2D eigenvalue weighted by atomic mass is 16.6. The third-order valence-electron chi connectivity index (χ3n) is 6.55. The van der Waals surface area contributed by atoms with Gasteiger partial charge in [0, 0.05) is 6.54 Å². The summed E-state index contributed by atoms with van der Waals surface area (Å²) in [6.07, 6.45) is 3.24. The molecule has 1 unspecified atom stereocenters. The SMILES string of the molecule is CCCCOC(=O)NCN(CNC(=O)OCCCC)C(=O)NCCCC(C(=O)O)N(CNC(=O)OCCCC)CNC(=O)OCCCC. The number of aliphatic carboxylic acids is 1. The monoisotopic (exact) mass is 691 g/mol. The van der Waals surface area contributed by atoms with Crippen LogP contribution in [0.15, 0.2) is 0 Å². The Morgan fingerprint density at radius 3 is 1.23 bits per heavy atom. The van der Waals surface area contributed by atoms with Crippen LogP contribution in [0.3, 0.4) is 0 Å². The first kappa shape index (κ1) is 43.8. The van der Waals surface area contributed by atoms with Gasteiger partial charge in [0.1, 0.15) is 6.04 Å². The van der Waals surface area contributed by atoms with Crippen molar-refractivity contribution in [3.05, 3.63) is 0 Å². The van der Waals surface area contributed by atoms with Gasteiger partial charge in [0.05, 0.1) is 53.1 Å². The lowest BCUT2D eigenvalue weighted by Crippen LogP contribution is -2.52. The fourth-order valence-corrected chi connectivity index (χ4v) is 3.63. The Bertz CT molecular complexity index is 891. The second kappa shape index (κ2) is 29.0. The highest BCUT2D eigenvalue weighted by Gasteiger charge is 2.27. The normalized spacial score (nSPS) is 11.1. The predicted octanol–water partition coefficient (Wildman–Crippen LogP) is 3.47. The van der Waals surface area contributed by atoms with Gasteiger partial charge in [-0.3, -0.25) is 14.6 Å². The number of unbranched alkanes of at least 4 members (excludes halogenated alkanes) is 4. The molecule has 18 heteroatoms. The maximum Gasteiger partial charge on any atom is 0.408 e. The van der Waals surface area contributed by atoms with Crippen molar-refractivity contribution in [1.82, 2.24) is 36.4 Å². The van der Waals surface area contributed by atoms with Gasteiger partial charge in [-0.15, -0.1) is 0 Å². The Labute approximate surface area is 283 Å². The molecule has 0 aliphatic heterocycles. The van der Waals surface area contributed by atoms with E-state index in [0.717, 1.165) is 30.6 Å². The molecule has 0 rings (SSSR count). The number of hydrogen-bond donors (Lipinski definition) is 6. The Hall–Kier alpha value is -4.22. The van der Waals surface area contributed by atoms with Crippen LogP contribution in [0.2, 0.25) is 0 Å². The number of carbonyl (C=O) groups is 6. The largest absolute Gasteiger partial charge is 0.480 e. The molecule has 278 valence electrons. The summed E-state index contributed by atoms with van der Waals surface area (Å²) in [5, 5.41) is 22.5. The molecule has 0 radical (unpaired) electrons. The summed E-state index contributed by atoms with van der Waals surface area (Å²) in [6.45, 7) is 7.53. The number of carboxylic acids is 1. The van der Waals surface area contributed by atoms with Gasteiger partial charge in [-0.2, -0.15) is 0 Å². The summed E-state index contributed by atoms with van der Waals surface area (Å²) in [7, 11) is 0. The lowest BCUT2D eigenvalue weighted by atomic mass is 10.1. The summed E-state index contributed by atoms with van der Waals surface area (Å²) < 4.78 is 20.2. The Morgan fingerprint density at radius 2 is 0.896 bits per heavy atom. The van der Waals surface area contributed by atoms with Crippen LogP contribution in [0.5, 0.6) is 0 Å². The summed E-state index contributed by atoms with van der Waals surface area (Å²) in [5.41, 5.74) is 0. The van der Waals surface area contributed by atoms with Crippen molar-refractivity contribution in [2.45, 2.75) is 97.9 Å². The maximum atomic E-state index is 13.0. The topological polar surface area (TPSA) is 226 Å². The van der Waals surface area contributed by atoms with Crippen molar-refractivity contribution in [2.24, 2.45) is 0 Å². The number of nitrogens with one attached hydrogen (secondary N) is 5. The molecule has 0 heterocycles. The first-order valence-corrected chi connectivity index (χ1v) is 16.7. The summed E-state index contributed by atoms with van der Waals surface area (Å²) >= 11 is 0. The molecule has 1 atom stereocenters. The molecular formula is C30H57N7O11. The number of carbonyl (C=O) groups excluding carboxylic acids is 5. The number of alkyl carbamates (subject to hydrolysis) is 4. The molecule has 48 heavy (non-hydrogen) atoms. The molecule has 0 aliphatic rings. The minimum Gasteiger partial charge on any atom is -0.480 e. The van der Waals surface area contributed by atoms with Crippen LogP contribution >= 0.6 is 0 Å². The van der Waals surface area contributed by atoms with Crippen molar-refractivity contribution in [2.75, 3.05) is 59.6 Å². The number of nitrogens with zero attached hydrogens (tertiary/aromatic N) is 2. The highest BCUT2D eigenvalue weighted by Crippen LogP contribution is 2.07. The van der Waals surface area contributed by atoms with Gasteiger partial charge >= 0.3 is 36.4 Å². The van der Waals surface area contributed by atoms with Crippen molar-refractivity contribution in [1.29, 1.82) is 0 Å². The third kappa shape index (κ3) is 23.2. The summed E-state index contributed by atoms with van der Waals surface area (Å²) in [4.78, 5) is 75.9. The predicted molar refractivity (Wildman–Crippen MR) is 175 cm³/mol. The molecule has 0 spiro atoms. The molecule has 6 amide bonds. The van der Waals surface area contributed by atoms with Gasteiger partial charge < -0.3 is 50.6 Å². The molecule has 0 aromatic carbocycles. The van der Waals surface area contributed by atoms with E-state index in [9.17, 15) is 33.9 Å². The minimum absolute atomic E-state index is 0.0126. The van der Waals surface area contributed by atoms with E-state index in [1.165, 1.54) is 4.90 Å². The Balaban J connectivity index is 5.30. The van der Waals surface area contributed by atoms with Crippen LogP contribution in [-0.2, 0) is 23.7 Å². The molecule has 18 nitrogen and oxygen atoms in total. The zero-order valence-corrected chi connectivity index (χ0v) is 28.9. The molecule has 0 fully saturated rings. The smallest absolute Gasteiger partial charge is 0.408 e. The first-order valence-electron chi connectivity index (χ1n) is 16.7. The quantitative estimate of drug-likeness (QED) is 0.0436. The zero-order chi connectivity index (χ0) is 36.0. The van der Waals surface area contributed by atoms with Gasteiger partial charge in [-0.1, -0.05) is 53.4 Å². The van der Waals surface area contributed by atoms with Crippen LogP contribution in [0.25, 0.3) is 0 Å². The third-order valence-corrected chi connectivity index (χ3v) is 6.55. The van der Waals surface area contributed by atoms with Crippen molar-refractivity contribution in [3.63, 3.8) is 0 Å². The molecule has 0 aliphatic carbocycles. The van der Waals surface area contributed by atoms with Crippen LogP contribution in [0.4, 0.5) is 24.0 Å². The van der Waals surface area contributed by atoms with Gasteiger partial charge in [-0.05, 0) is 38.5 Å². The summed E-state index contributed by atoms with van der Waals surface area (Å²) in [6, 6.07) is -1.83. The van der Waals surface area contributed by atoms with E-state index in [4.69, 9.17) is 18.9 Å². The molecule has 0 bridgehead atoms. The van der Waals surface area contributed by atoms with Gasteiger partial charge in [-0.25, -0.2) is 24.0 Å². The number of rotatable bonds is 26. The van der Waals surface area contributed by atoms with Crippen LogP contribution in [0, 0.1) is 0 Å². The number of amides is 6. The fourth-order valence-electron chi connectivity index (χ4n) is 3.63. The van der Waals surface area contributed by atoms with Crippen molar-refractivity contribution < 1.29 is 52.8 Å². The van der Waals surface area contributed by atoms with E-state index >= 15 is 0 Å². The lowest BCUT2D eigenvalue weighted by Gasteiger charge is -2.29. The van der Waals surface area contributed by atoms with Gasteiger partial charge in [0.25, 0.3) is 0 Å².